The highest BCUT2D eigenvalue weighted by molar-refractivity contribution is 6.32. The Labute approximate surface area is 143 Å². The smallest absolute Gasteiger partial charge is 0.232 e. The number of anilines is 3. The van der Waals surface area contributed by atoms with Crippen LogP contribution in [0.2, 0.25) is 5.02 Å². The van der Waals surface area contributed by atoms with Crippen LogP contribution >= 0.6 is 11.6 Å². The average Bonchev–Trinajstić information content (AvgIpc) is 2.54. The van der Waals surface area contributed by atoms with Crippen molar-refractivity contribution in [2.45, 2.75) is 6.92 Å². The fraction of sp³-hybridized carbons (Fsp3) is 0.133. The van der Waals surface area contributed by atoms with Crippen molar-refractivity contribution in [1.82, 2.24) is 24.9 Å². The van der Waals surface area contributed by atoms with Gasteiger partial charge in [0.15, 0.2) is 5.82 Å². The summed E-state index contributed by atoms with van der Waals surface area (Å²) in [5.74, 6) is 2.01. The molecule has 0 atom stereocenters. The number of aryl methyl sites for hydroxylation is 1. The minimum absolute atomic E-state index is 0.154. The van der Waals surface area contributed by atoms with Crippen LogP contribution in [0.15, 0.2) is 30.6 Å². The van der Waals surface area contributed by atoms with Crippen LogP contribution in [0, 0.1) is 6.92 Å². The third kappa shape index (κ3) is 3.33. The Morgan fingerprint density at radius 3 is 2.75 bits per heavy atom. The number of nitrogens with zero attached hydrogens (tertiary/aromatic N) is 5. The summed E-state index contributed by atoms with van der Waals surface area (Å²) >= 11 is 6.10. The Morgan fingerprint density at radius 1 is 1.21 bits per heavy atom. The van der Waals surface area contributed by atoms with Crippen LogP contribution < -0.4 is 15.8 Å². The summed E-state index contributed by atoms with van der Waals surface area (Å²) in [4.78, 5) is 20.9. The first-order chi connectivity index (χ1) is 11.6. The number of nitrogen functional groups attached to an aromatic ring is 1. The number of nitrogens with one attached hydrogen (secondary N) is 1. The summed E-state index contributed by atoms with van der Waals surface area (Å²) < 4.78 is 5.04. The predicted octanol–water partition coefficient (Wildman–Crippen LogP) is 2.62. The Balaban J connectivity index is 1.99. The number of aromatic nitrogens is 5. The molecule has 0 amide bonds. The van der Waals surface area contributed by atoms with Crippen LogP contribution in [0.25, 0.3) is 11.4 Å². The SMILES string of the molecule is COc1ncc(Nc2ncccc2-c2nc(C)nc(N)n2)cc1Cl. The van der Waals surface area contributed by atoms with Crippen LogP contribution in [-0.2, 0) is 0 Å². The standard InChI is InChI=1S/C15H14ClN7O/c1-8-20-13(23-15(17)21-8)10-4-3-5-18-12(10)22-9-6-11(16)14(24-2)19-7-9/h3-7H,1-2H3,(H,18,22)(H2,17,20,21,23). The van der Waals surface area contributed by atoms with Gasteiger partial charge in [-0.15, -0.1) is 0 Å². The first-order valence-corrected chi connectivity index (χ1v) is 7.34. The second kappa shape index (κ2) is 6.63. The van der Waals surface area contributed by atoms with Crippen molar-refractivity contribution < 1.29 is 4.74 Å². The molecule has 24 heavy (non-hydrogen) atoms. The second-order valence-electron chi connectivity index (χ2n) is 4.80. The number of halogens is 1. The molecular weight excluding hydrogens is 330 g/mol. The van der Waals surface area contributed by atoms with Gasteiger partial charge in [0.05, 0.1) is 24.6 Å². The van der Waals surface area contributed by atoms with E-state index in [1.165, 1.54) is 7.11 Å². The van der Waals surface area contributed by atoms with Gasteiger partial charge in [0, 0.05) is 6.20 Å². The van der Waals surface area contributed by atoms with E-state index in [0.717, 1.165) is 0 Å². The summed E-state index contributed by atoms with van der Waals surface area (Å²) in [5, 5.41) is 3.54. The third-order valence-electron chi connectivity index (χ3n) is 3.08. The Bertz CT molecular complexity index is 867. The zero-order valence-corrected chi connectivity index (χ0v) is 13.7. The maximum atomic E-state index is 6.10. The molecule has 0 aliphatic carbocycles. The first kappa shape index (κ1) is 15.9. The highest BCUT2D eigenvalue weighted by Gasteiger charge is 2.12. The van der Waals surface area contributed by atoms with Crippen LogP contribution in [0.3, 0.4) is 0 Å². The van der Waals surface area contributed by atoms with E-state index in [1.54, 1.807) is 31.5 Å². The van der Waals surface area contributed by atoms with Gasteiger partial charge in [0.25, 0.3) is 0 Å². The monoisotopic (exact) mass is 343 g/mol. The molecule has 0 radical (unpaired) electrons. The lowest BCUT2D eigenvalue weighted by atomic mass is 10.2. The molecule has 0 aromatic carbocycles. The second-order valence-corrected chi connectivity index (χ2v) is 5.21. The molecule has 122 valence electrons. The van der Waals surface area contributed by atoms with Crippen molar-refractivity contribution in [3.63, 3.8) is 0 Å². The molecule has 3 N–H and O–H groups in total. The number of ether oxygens (including phenoxy) is 1. The van der Waals surface area contributed by atoms with Gasteiger partial charge in [-0.1, -0.05) is 11.6 Å². The lowest BCUT2D eigenvalue weighted by Gasteiger charge is -2.11. The lowest BCUT2D eigenvalue weighted by Crippen LogP contribution is -2.04. The van der Waals surface area contributed by atoms with E-state index in [0.29, 0.717) is 39.6 Å². The molecule has 0 saturated heterocycles. The molecule has 0 spiro atoms. The van der Waals surface area contributed by atoms with E-state index in [2.05, 4.69) is 30.2 Å². The topological polar surface area (TPSA) is 112 Å². The predicted molar refractivity (Wildman–Crippen MR) is 91.3 cm³/mol. The summed E-state index contributed by atoms with van der Waals surface area (Å²) in [7, 11) is 1.51. The maximum Gasteiger partial charge on any atom is 0.232 e. The van der Waals surface area contributed by atoms with Crippen molar-refractivity contribution >= 4 is 29.1 Å². The van der Waals surface area contributed by atoms with Crippen LogP contribution in [0.4, 0.5) is 17.5 Å². The molecule has 0 aliphatic rings. The molecule has 3 aromatic rings. The molecule has 0 bridgehead atoms. The van der Waals surface area contributed by atoms with E-state index in [4.69, 9.17) is 22.1 Å². The molecule has 3 rings (SSSR count). The minimum Gasteiger partial charge on any atom is -0.480 e. The summed E-state index contributed by atoms with van der Waals surface area (Å²) in [6, 6.07) is 5.32. The number of hydrogen-bond acceptors (Lipinski definition) is 8. The number of nitrogens with two attached hydrogens (primary N) is 1. The zero-order chi connectivity index (χ0) is 17.1. The molecule has 0 saturated carbocycles. The van der Waals surface area contributed by atoms with Crippen LogP contribution in [-0.4, -0.2) is 32.0 Å². The highest BCUT2D eigenvalue weighted by Crippen LogP contribution is 2.29. The van der Waals surface area contributed by atoms with E-state index in [1.807, 2.05) is 6.07 Å². The Hall–Kier alpha value is -3.00. The number of methoxy groups -OCH3 is 1. The van der Waals surface area contributed by atoms with Crippen molar-refractivity contribution in [3.8, 4) is 17.3 Å². The van der Waals surface area contributed by atoms with Gasteiger partial charge in [0.2, 0.25) is 11.8 Å². The van der Waals surface area contributed by atoms with Crippen molar-refractivity contribution in [3.05, 3.63) is 41.4 Å². The number of pyridine rings is 2. The van der Waals surface area contributed by atoms with Crippen LogP contribution in [0.1, 0.15) is 5.82 Å². The van der Waals surface area contributed by atoms with Crippen molar-refractivity contribution in [1.29, 1.82) is 0 Å². The van der Waals surface area contributed by atoms with Gasteiger partial charge in [-0.05, 0) is 25.1 Å². The first-order valence-electron chi connectivity index (χ1n) is 6.97. The van der Waals surface area contributed by atoms with Gasteiger partial charge in [-0.3, -0.25) is 0 Å². The molecular formula is C15H14ClN7O. The number of hydrogen-bond donors (Lipinski definition) is 2. The summed E-state index contributed by atoms with van der Waals surface area (Å²) in [5.41, 5.74) is 7.04. The molecule has 0 fully saturated rings. The highest BCUT2D eigenvalue weighted by atomic mass is 35.5. The van der Waals surface area contributed by atoms with Gasteiger partial charge >= 0.3 is 0 Å². The van der Waals surface area contributed by atoms with Crippen molar-refractivity contribution in [2.24, 2.45) is 0 Å². The van der Waals surface area contributed by atoms with E-state index in [9.17, 15) is 0 Å². The Morgan fingerprint density at radius 2 is 2.04 bits per heavy atom. The summed E-state index contributed by atoms with van der Waals surface area (Å²) in [6.07, 6.45) is 3.25. The Kier molecular flexibility index (Phi) is 4.39. The van der Waals surface area contributed by atoms with E-state index in [-0.39, 0.29) is 5.95 Å². The average molecular weight is 344 g/mol. The maximum absolute atomic E-state index is 6.10. The van der Waals surface area contributed by atoms with Gasteiger partial charge in [-0.25, -0.2) is 15.0 Å². The number of rotatable bonds is 4. The minimum atomic E-state index is 0.154. The van der Waals surface area contributed by atoms with Crippen LogP contribution in [0.5, 0.6) is 5.88 Å². The van der Waals surface area contributed by atoms with Crippen molar-refractivity contribution in [2.75, 3.05) is 18.2 Å². The molecule has 8 nitrogen and oxygen atoms in total. The van der Waals surface area contributed by atoms with E-state index >= 15 is 0 Å². The molecule has 0 aliphatic heterocycles. The third-order valence-corrected chi connectivity index (χ3v) is 3.35. The fourth-order valence-corrected chi connectivity index (χ4v) is 2.33. The molecule has 3 aromatic heterocycles. The van der Waals surface area contributed by atoms with Gasteiger partial charge in [-0.2, -0.15) is 9.97 Å². The molecule has 0 unspecified atom stereocenters. The normalized spacial score (nSPS) is 10.5. The zero-order valence-electron chi connectivity index (χ0n) is 13.0. The van der Waals surface area contributed by atoms with Gasteiger partial charge < -0.3 is 15.8 Å². The molecule has 3 heterocycles. The molecule has 9 heteroatoms. The largest absolute Gasteiger partial charge is 0.480 e. The lowest BCUT2D eigenvalue weighted by molar-refractivity contribution is 0.398. The summed E-state index contributed by atoms with van der Waals surface area (Å²) in [6.45, 7) is 1.75. The fourth-order valence-electron chi connectivity index (χ4n) is 2.09. The quantitative estimate of drug-likeness (QED) is 0.743. The van der Waals surface area contributed by atoms with E-state index < -0.39 is 0 Å². The van der Waals surface area contributed by atoms with Gasteiger partial charge in [0.1, 0.15) is 16.7 Å².